The molecule has 1 heterocycles. The molecule has 0 spiro atoms. The van der Waals surface area contributed by atoms with Crippen molar-refractivity contribution in [1.82, 2.24) is 20.2 Å². The number of rotatable bonds is 3. The molecule has 1 fully saturated rings. The van der Waals surface area contributed by atoms with Crippen molar-refractivity contribution in [1.29, 1.82) is 0 Å². The van der Waals surface area contributed by atoms with Crippen molar-refractivity contribution in [2.45, 2.75) is 38.6 Å². The molecule has 0 amide bonds. The maximum atomic E-state index is 5.73. The highest BCUT2D eigenvalue weighted by atomic mass is 35.5. The lowest BCUT2D eigenvalue weighted by molar-refractivity contribution is 0.340. The van der Waals surface area contributed by atoms with Gasteiger partial charge in [-0.3, -0.25) is 0 Å². The molecule has 0 aliphatic heterocycles. The van der Waals surface area contributed by atoms with E-state index in [4.69, 9.17) is 11.6 Å². The Morgan fingerprint density at radius 3 is 3.00 bits per heavy atom. The summed E-state index contributed by atoms with van der Waals surface area (Å²) in [5, 5.41) is 11.5. The smallest absolute Gasteiger partial charge is 0.166 e. The van der Waals surface area contributed by atoms with Crippen LogP contribution in [-0.4, -0.2) is 20.2 Å². The summed E-state index contributed by atoms with van der Waals surface area (Å²) < 4.78 is 1.85. The van der Waals surface area contributed by atoms with Crippen LogP contribution >= 0.6 is 11.6 Å². The van der Waals surface area contributed by atoms with Crippen molar-refractivity contribution < 1.29 is 0 Å². The van der Waals surface area contributed by atoms with Crippen molar-refractivity contribution in [2.75, 3.05) is 0 Å². The highest BCUT2D eigenvalue weighted by Gasteiger charge is 2.24. The van der Waals surface area contributed by atoms with Gasteiger partial charge in [-0.2, -0.15) is 0 Å². The van der Waals surface area contributed by atoms with Gasteiger partial charge in [-0.25, -0.2) is 4.68 Å². The average molecular weight is 215 g/mol. The van der Waals surface area contributed by atoms with Gasteiger partial charge in [0.05, 0.1) is 5.88 Å². The number of tetrazole rings is 1. The second-order valence-electron chi connectivity index (χ2n) is 4.08. The van der Waals surface area contributed by atoms with Crippen LogP contribution in [0.3, 0.4) is 0 Å². The van der Waals surface area contributed by atoms with Crippen molar-refractivity contribution in [3.8, 4) is 0 Å². The van der Waals surface area contributed by atoms with E-state index in [9.17, 15) is 0 Å². The quantitative estimate of drug-likeness (QED) is 0.722. The zero-order valence-electron chi connectivity index (χ0n) is 8.36. The van der Waals surface area contributed by atoms with Gasteiger partial charge >= 0.3 is 0 Å². The predicted octanol–water partition coefficient (Wildman–Crippen LogP) is 1.85. The van der Waals surface area contributed by atoms with E-state index >= 15 is 0 Å². The van der Waals surface area contributed by atoms with Gasteiger partial charge in [0.25, 0.3) is 0 Å². The summed E-state index contributed by atoms with van der Waals surface area (Å²) in [6.45, 7) is 3.23. The Labute approximate surface area is 88.6 Å². The van der Waals surface area contributed by atoms with Gasteiger partial charge in [0.2, 0.25) is 0 Å². The normalized spacial score (nSPS) is 27.0. The van der Waals surface area contributed by atoms with Crippen LogP contribution in [0.15, 0.2) is 0 Å². The summed E-state index contributed by atoms with van der Waals surface area (Å²) in [6.07, 6.45) is 3.97. The second kappa shape index (κ2) is 4.26. The van der Waals surface area contributed by atoms with Gasteiger partial charge in [0, 0.05) is 6.54 Å². The summed E-state index contributed by atoms with van der Waals surface area (Å²) in [7, 11) is 0. The number of hydrogen-bond donors (Lipinski definition) is 0. The first-order valence-electron chi connectivity index (χ1n) is 5.12. The van der Waals surface area contributed by atoms with Crippen LogP contribution in [0.25, 0.3) is 0 Å². The molecule has 0 aromatic carbocycles. The van der Waals surface area contributed by atoms with Gasteiger partial charge in [-0.15, -0.1) is 16.7 Å². The topological polar surface area (TPSA) is 43.6 Å². The minimum Gasteiger partial charge on any atom is -0.228 e. The summed E-state index contributed by atoms with van der Waals surface area (Å²) in [5.41, 5.74) is 0. The van der Waals surface area contributed by atoms with Crippen molar-refractivity contribution >= 4 is 11.6 Å². The molecule has 2 rings (SSSR count). The summed E-state index contributed by atoms with van der Waals surface area (Å²) >= 11 is 5.73. The molecule has 0 N–H and O–H groups in total. The van der Waals surface area contributed by atoms with Crippen molar-refractivity contribution in [2.24, 2.45) is 11.8 Å². The molecule has 2 unspecified atom stereocenters. The Morgan fingerprint density at radius 2 is 2.36 bits per heavy atom. The highest BCUT2D eigenvalue weighted by molar-refractivity contribution is 6.16. The number of alkyl halides is 1. The molecule has 5 heteroatoms. The lowest BCUT2D eigenvalue weighted by Gasteiger charge is -2.14. The average Bonchev–Trinajstić information content (AvgIpc) is 2.77. The summed E-state index contributed by atoms with van der Waals surface area (Å²) in [6, 6.07) is 0. The zero-order chi connectivity index (χ0) is 9.97. The standard InChI is InChI=1S/C9H15ClN4/c1-7-3-2-4-8(7)6-14-9(5-10)11-12-13-14/h7-8H,2-6H2,1H3. The SMILES string of the molecule is CC1CCCC1Cn1nnnc1CCl. The Balaban J connectivity index is 2.02. The molecule has 1 aromatic heterocycles. The Bertz CT molecular complexity index is 299. The molecular formula is C9H15ClN4. The van der Waals surface area contributed by atoms with Crippen molar-refractivity contribution in [3.05, 3.63) is 5.82 Å². The minimum atomic E-state index is 0.397. The fourth-order valence-corrected chi connectivity index (χ4v) is 2.37. The van der Waals surface area contributed by atoms with Crippen LogP contribution in [-0.2, 0) is 12.4 Å². The molecule has 78 valence electrons. The van der Waals surface area contributed by atoms with Crippen molar-refractivity contribution in [3.63, 3.8) is 0 Å². The molecule has 14 heavy (non-hydrogen) atoms. The maximum absolute atomic E-state index is 5.73. The number of nitrogens with zero attached hydrogens (tertiary/aromatic N) is 4. The van der Waals surface area contributed by atoms with E-state index < -0.39 is 0 Å². The lowest BCUT2D eigenvalue weighted by Crippen LogP contribution is -2.16. The van der Waals surface area contributed by atoms with Gasteiger partial charge in [-0.05, 0) is 28.7 Å². The van der Waals surface area contributed by atoms with E-state index in [2.05, 4.69) is 22.4 Å². The van der Waals surface area contributed by atoms with Crippen LogP contribution in [0.1, 0.15) is 32.0 Å². The van der Waals surface area contributed by atoms with Crippen LogP contribution in [0.4, 0.5) is 0 Å². The highest BCUT2D eigenvalue weighted by Crippen LogP contribution is 2.32. The van der Waals surface area contributed by atoms with Crippen LogP contribution in [0.5, 0.6) is 0 Å². The zero-order valence-corrected chi connectivity index (χ0v) is 9.11. The maximum Gasteiger partial charge on any atom is 0.166 e. The molecular weight excluding hydrogens is 200 g/mol. The van der Waals surface area contributed by atoms with Gasteiger partial charge < -0.3 is 0 Å². The minimum absolute atomic E-state index is 0.397. The summed E-state index contributed by atoms with van der Waals surface area (Å²) in [4.78, 5) is 0. The third kappa shape index (κ3) is 1.90. The molecule has 0 radical (unpaired) electrons. The first kappa shape index (κ1) is 9.90. The molecule has 1 aliphatic rings. The van der Waals surface area contributed by atoms with E-state index in [-0.39, 0.29) is 0 Å². The number of hydrogen-bond acceptors (Lipinski definition) is 3. The molecule has 1 saturated carbocycles. The Hall–Kier alpha value is -0.640. The Kier molecular flexibility index (Phi) is 3.01. The lowest BCUT2D eigenvalue weighted by atomic mass is 9.98. The Morgan fingerprint density at radius 1 is 1.50 bits per heavy atom. The van der Waals surface area contributed by atoms with Gasteiger partial charge in [-0.1, -0.05) is 19.8 Å². The molecule has 1 aromatic rings. The van der Waals surface area contributed by atoms with Crippen LogP contribution in [0, 0.1) is 11.8 Å². The molecule has 4 nitrogen and oxygen atoms in total. The molecule has 0 bridgehead atoms. The third-order valence-corrected chi connectivity index (χ3v) is 3.41. The van der Waals surface area contributed by atoms with Crippen LogP contribution < -0.4 is 0 Å². The molecule has 2 atom stereocenters. The predicted molar refractivity (Wildman–Crippen MR) is 53.9 cm³/mol. The number of aromatic nitrogens is 4. The van der Waals surface area contributed by atoms with Gasteiger partial charge in [0.1, 0.15) is 0 Å². The van der Waals surface area contributed by atoms with E-state index in [0.29, 0.717) is 5.88 Å². The van der Waals surface area contributed by atoms with Gasteiger partial charge in [0.15, 0.2) is 5.82 Å². The van der Waals surface area contributed by atoms with E-state index in [1.807, 2.05) is 4.68 Å². The number of halogens is 1. The first-order valence-corrected chi connectivity index (χ1v) is 5.65. The van der Waals surface area contributed by atoms with Crippen LogP contribution in [0.2, 0.25) is 0 Å². The monoisotopic (exact) mass is 214 g/mol. The fourth-order valence-electron chi connectivity index (χ4n) is 2.18. The van der Waals surface area contributed by atoms with E-state index in [1.165, 1.54) is 19.3 Å². The molecule has 1 aliphatic carbocycles. The van der Waals surface area contributed by atoms with E-state index in [1.54, 1.807) is 0 Å². The first-order chi connectivity index (χ1) is 6.81. The second-order valence-corrected chi connectivity index (χ2v) is 4.35. The largest absolute Gasteiger partial charge is 0.228 e. The van der Waals surface area contributed by atoms with E-state index in [0.717, 1.165) is 24.2 Å². The molecule has 0 saturated heterocycles. The summed E-state index contributed by atoms with van der Waals surface area (Å²) in [5.74, 6) is 2.70. The third-order valence-electron chi connectivity index (χ3n) is 3.17. The fraction of sp³-hybridized carbons (Fsp3) is 0.889.